The van der Waals surface area contributed by atoms with Crippen LogP contribution in [0.25, 0.3) is 0 Å². The number of carbonyl (C=O) groups excluding carboxylic acids is 1. The van der Waals surface area contributed by atoms with E-state index in [4.69, 9.17) is 11.6 Å². The number of alkyl halides is 3. The molecule has 0 spiro atoms. The van der Waals surface area contributed by atoms with Crippen LogP contribution in [0.15, 0.2) is 12.3 Å². The van der Waals surface area contributed by atoms with Gasteiger partial charge >= 0.3 is 6.18 Å². The molecule has 1 aromatic heterocycles. The second-order valence-corrected chi connectivity index (χ2v) is 4.54. The van der Waals surface area contributed by atoms with Crippen LogP contribution in [0.4, 0.5) is 13.2 Å². The molecule has 0 aromatic carbocycles. The van der Waals surface area contributed by atoms with Crippen molar-refractivity contribution >= 4 is 17.5 Å². The Morgan fingerprint density at radius 2 is 2.11 bits per heavy atom. The number of aromatic nitrogens is 1. The number of pyridine rings is 1. The van der Waals surface area contributed by atoms with Gasteiger partial charge in [-0.15, -0.1) is 0 Å². The minimum Gasteiger partial charge on any atom is -0.352 e. The molecule has 1 amide bonds. The number of halogens is 4. The fraction of sp³-hybridized carbons (Fsp3) is 0.500. The maximum absolute atomic E-state index is 11.9. The molecule has 0 bridgehead atoms. The van der Waals surface area contributed by atoms with Gasteiger partial charge in [0.1, 0.15) is 0 Å². The number of rotatable bonds is 5. The van der Waals surface area contributed by atoms with Crippen molar-refractivity contribution in [2.24, 2.45) is 0 Å². The summed E-state index contributed by atoms with van der Waals surface area (Å²) in [4.78, 5) is 15.6. The van der Waals surface area contributed by atoms with E-state index in [1.165, 1.54) is 6.20 Å². The molecular weight excluding hydrogens is 281 g/mol. The molecule has 106 valence electrons. The molecule has 0 saturated carbocycles. The number of amides is 1. The predicted molar refractivity (Wildman–Crippen MR) is 66.2 cm³/mol. The first-order chi connectivity index (χ1) is 8.79. The lowest BCUT2D eigenvalue weighted by atomic mass is 10.2. The van der Waals surface area contributed by atoms with E-state index in [1.807, 2.05) is 0 Å². The molecule has 1 N–H and O–H groups in total. The maximum atomic E-state index is 11.9. The van der Waals surface area contributed by atoms with Crippen molar-refractivity contribution in [2.45, 2.75) is 32.4 Å². The summed E-state index contributed by atoms with van der Waals surface area (Å²) in [5.41, 5.74) is 0.912. The van der Waals surface area contributed by atoms with Gasteiger partial charge in [0.15, 0.2) is 0 Å². The van der Waals surface area contributed by atoms with E-state index in [0.717, 1.165) is 0 Å². The normalized spacial score (nSPS) is 11.4. The van der Waals surface area contributed by atoms with E-state index in [0.29, 0.717) is 5.69 Å². The lowest BCUT2D eigenvalue weighted by molar-refractivity contribution is -0.135. The molecule has 0 unspecified atom stereocenters. The Hall–Kier alpha value is -1.30. The molecule has 19 heavy (non-hydrogen) atoms. The number of nitrogens with zero attached hydrogens (tertiary/aromatic N) is 1. The van der Waals surface area contributed by atoms with Gasteiger partial charge in [0.05, 0.1) is 10.6 Å². The second-order valence-electron chi connectivity index (χ2n) is 4.13. The smallest absolute Gasteiger partial charge is 0.352 e. The molecular formula is C12H14ClF3N2O. The van der Waals surface area contributed by atoms with Crippen LogP contribution >= 0.6 is 11.6 Å². The van der Waals surface area contributed by atoms with Crippen LogP contribution in [0.5, 0.6) is 0 Å². The second kappa shape index (κ2) is 6.75. The van der Waals surface area contributed by atoms with Crippen molar-refractivity contribution in [3.05, 3.63) is 28.5 Å². The standard InChI is InChI=1S/C12H14ClF3N2O/c1-8-6-10(13)9(7-18-8)11(19)17-5-3-2-4-12(14,15)16/h6-7H,2-5H2,1H3,(H,17,19). The fourth-order valence-corrected chi connectivity index (χ4v) is 1.73. The highest BCUT2D eigenvalue weighted by atomic mass is 35.5. The average Bonchev–Trinajstić information content (AvgIpc) is 2.26. The third-order valence-electron chi connectivity index (χ3n) is 2.41. The number of carbonyl (C=O) groups is 1. The van der Waals surface area contributed by atoms with Crippen molar-refractivity contribution in [3.63, 3.8) is 0 Å². The number of hydrogen-bond acceptors (Lipinski definition) is 2. The van der Waals surface area contributed by atoms with Crippen molar-refractivity contribution < 1.29 is 18.0 Å². The van der Waals surface area contributed by atoms with Crippen LogP contribution in [0.3, 0.4) is 0 Å². The molecule has 7 heteroatoms. The summed E-state index contributed by atoms with van der Waals surface area (Å²) < 4.78 is 35.7. The quantitative estimate of drug-likeness (QED) is 0.845. The Kier molecular flexibility index (Phi) is 5.60. The van der Waals surface area contributed by atoms with E-state index >= 15 is 0 Å². The lowest BCUT2D eigenvalue weighted by Crippen LogP contribution is -2.25. The van der Waals surface area contributed by atoms with Gasteiger partial charge in [-0.3, -0.25) is 9.78 Å². The number of unbranched alkanes of at least 4 members (excludes halogenated alkanes) is 1. The zero-order valence-electron chi connectivity index (χ0n) is 10.4. The Morgan fingerprint density at radius 3 is 2.68 bits per heavy atom. The number of nitrogens with one attached hydrogen (secondary N) is 1. The number of aryl methyl sites for hydroxylation is 1. The van der Waals surface area contributed by atoms with E-state index in [2.05, 4.69) is 10.3 Å². The van der Waals surface area contributed by atoms with Crippen molar-refractivity contribution in [1.82, 2.24) is 10.3 Å². The largest absolute Gasteiger partial charge is 0.389 e. The van der Waals surface area contributed by atoms with E-state index in [1.54, 1.807) is 13.0 Å². The van der Waals surface area contributed by atoms with E-state index < -0.39 is 18.5 Å². The van der Waals surface area contributed by atoms with Gasteiger partial charge < -0.3 is 5.32 Å². The van der Waals surface area contributed by atoms with Gasteiger partial charge in [0, 0.05) is 24.9 Å². The Morgan fingerprint density at radius 1 is 1.42 bits per heavy atom. The topological polar surface area (TPSA) is 42.0 Å². The summed E-state index contributed by atoms with van der Waals surface area (Å²) >= 11 is 5.87. The zero-order valence-corrected chi connectivity index (χ0v) is 11.1. The summed E-state index contributed by atoms with van der Waals surface area (Å²) in [7, 11) is 0. The first-order valence-electron chi connectivity index (χ1n) is 5.76. The van der Waals surface area contributed by atoms with Crippen molar-refractivity contribution in [2.75, 3.05) is 6.54 Å². The van der Waals surface area contributed by atoms with E-state index in [9.17, 15) is 18.0 Å². The van der Waals surface area contributed by atoms with Gasteiger partial charge in [0.2, 0.25) is 0 Å². The van der Waals surface area contributed by atoms with E-state index in [-0.39, 0.29) is 30.0 Å². The maximum Gasteiger partial charge on any atom is 0.389 e. The van der Waals surface area contributed by atoms with Crippen molar-refractivity contribution in [1.29, 1.82) is 0 Å². The molecule has 1 heterocycles. The molecule has 0 aliphatic heterocycles. The van der Waals surface area contributed by atoms with Crippen LogP contribution < -0.4 is 5.32 Å². The summed E-state index contributed by atoms with van der Waals surface area (Å²) in [5.74, 6) is -0.426. The Bertz CT molecular complexity index is 449. The first kappa shape index (κ1) is 15.8. The van der Waals surface area contributed by atoms with Crippen LogP contribution in [0.1, 0.15) is 35.3 Å². The summed E-state index contributed by atoms with van der Waals surface area (Å²) in [6.45, 7) is 1.92. The molecule has 0 atom stereocenters. The molecule has 0 aliphatic rings. The third kappa shape index (κ3) is 5.92. The highest BCUT2D eigenvalue weighted by Gasteiger charge is 2.25. The van der Waals surface area contributed by atoms with Gasteiger partial charge in [-0.05, 0) is 25.8 Å². The molecule has 1 aromatic rings. The number of hydrogen-bond donors (Lipinski definition) is 1. The van der Waals surface area contributed by atoms with Crippen LogP contribution in [-0.2, 0) is 0 Å². The summed E-state index contributed by atoms with van der Waals surface area (Å²) in [5, 5.41) is 2.79. The minimum atomic E-state index is -4.14. The zero-order chi connectivity index (χ0) is 14.5. The SMILES string of the molecule is Cc1cc(Cl)c(C(=O)NCCCCC(F)(F)F)cn1. The van der Waals surface area contributed by atoms with Gasteiger partial charge in [-0.2, -0.15) is 13.2 Å². The summed E-state index contributed by atoms with van der Waals surface area (Å²) in [6.07, 6.45) is -3.38. The highest BCUT2D eigenvalue weighted by Crippen LogP contribution is 2.22. The minimum absolute atomic E-state index is 0.0103. The molecule has 0 saturated heterocycles. The molecule has 1 rings (SSSR count). The van der Waals surface area contributed by atoms with Crippen molar-refractivity contribution in [3.8, 4) is 0 Å². The Balaban J connectivity index is 2.36. The van der Waals surface area contributed by atoms with Crippen LogP contribution in [0, 0.1) is 6.92 Å². The van der Waals surface area contributed by atoms with Gasteiger partial charge in [-0.25, -0.2) is 0 Å². The van der Waals surface area contributed by atoms with Gasteiger partial charge in [-0.1, -0.05) is 11.6 Å². The highest BCUT2D eigenvalue weighted by molar-refractivity contribution is 6.33. The molecule has 0 radical (unpaired) electrons. The lowest BCUT2D eigenvalue weighted by Gasteiger charge is -2.08. The molecule has 0 aliphatic carbocycles. The molecule has 3 nitrogen and oxygen atoms in total. The van der Waals surface area contributed by atoms with Gasteiger partial charge in [0.25, 0.3) is 5.91 Å². The average molecular weight is 295 g/mol. The van der Waals surface area contributed by atoms with Crippen LogP contribution in [0.2, 0.25) is 5.02 Å². The fourth-order valence-electron chi connectivity index (χ4n) is 1.44. The third-order valence-corrected chi connectivity index (χ3v) is 2.72. The monoisotopic (exact) mass is 294 g/mol. The predicted octanol–water partition coefficient (Wildman–Crippen LogP) is 3.51. The molecule has 0 fully saturated rings. The summed E-state index contributed by atoms with van der Waals surface area (Å²) in [6, 6.07) is 1.56. The Labute approximate surface area is 114 Å². The van der Waals surface area contributed by atoms with Crippen LogP contribution in [-0.4, -0.2) is 23.6 Å². The first-order valence-corrected chi connectivity index (χ1v) is 6.14.